The van der Waals surface area contributed by atoms with Gasteiger partial charge in [0, 0.05) is 38.3 Å². The summed E-state index contributed by atoms with van der Waals surface area (Å²) in [4.78, 5) is 14.2. The Morgan fingerprint density at radius 1 is 1.26 bits per heavy atom. The van der Waals surface area contributed by atoms with Crippen molar-refractivity contribution >= 4 is 45.6 Å². The van der Waals surface area contributed by atoms with Crippen LogP contribution in [0.25, 0.3) is 0 Å². The standard InChI is InChI=1S/C16H25N5O4S.HI/c1-17-16(20-13-6-3-2-4-7-13)18-10-11-19-26(24,25)15-9-5-8-14(12-15)21(22)23;/h5,8-9,12-13,19H,2-4,6-7,10-11H2,1H3,(H2,17,18,20);1H. The zero-order chi connectivity index (χ0) is 19.0. The molecule has 1 aliphatic rings. The number of hydrogen-bond acceptors (Lipinski definition) is 5. The molecule has 152 valence electrons. The van der Waals surface area contributed by atoms with Gasteiger partial charge in [0.15, 0.2) is 5.96 Å². The Hall–Kier alpha value is -1.47. The number of non-ortho nitro benzene ring substituents is 1. The normalized spacial score (nSPS) is 15.7. The molecule has 1 saturated carbocycles. The first kappa shape index (κ1) is 23.6. The Bertz CT molecular complexity index is 751. The van der Waals surface area contributed by atoms with Crippen LogP contribution >= 0.6 is 24.0 Å². The van der Waals surface area contributed by atoms with Crippen molar-refractivity contribution in [1.29, 1.82) is 0 Å². The van der Waals surface area contributed by atoms with Gasteiger partial charge in [-0.05, 0) is 18.9 Å². The molecule has 0 radical (unpaired) electrons. The number of nitrogens with one attached hydrogen (secondary N) is 3. The van der Waals surface area contributed by atoms with Crippen LogP contribution in [0.15, 0.2) is 34.2 Å². The van der Waals surface area contributed by atoms with Crippen LogP contribution in [-0.2, 0) is 10.0 Å². The summed E-state index contributed by atoms with van der Waals surface area (Å²) in [5.74, 6) is 0.645. The van der Waals surface area contributed by atoms with Gasteiger partial charge >= 0.3 is 0 Å². The quantitative estimate of drug-likeness (QED) is 0.128. The Morgan fingerprint density at radius 3 is 2.59 bits per heavy atom. The maximum absolute atomic E-state index is 12.2. The lowest BCUT2D eigenvalue weighted by molar-refractivity contribution is -0.385. The molecule has 11 heteroatoms. The molecule has 0 amide bonds. The second-order valence-corrected chi connectivity index (χ2v) is 7.90. The molecular weight excluding hydrogens is 485 g/mol. The molecule has 1 aliphatic carbocycles. The van der Waals surface area contributed by atoms with Gasteiger partial charge < -0.3 is 10.6 Å². The minimum atomic E-state index is -3.80. The number of nitrogens with zero attached hydrogens (tertiary/aromatic N) is 2. The van der Waals surface area contributed by atoms with Crippen LogP contribution in [0.2, 0.25) is 0 Å². The van der Waals surface area contributed by atoms with Crippen molar-refractivity contribution in [3.8, 4) is 0 Å². The molecule has 0 aromatic heterocycles. The monoisotopic (exact) mass is 511 g/mol. The fraction of sp³-hybridized carbons (Fsp3) is 0.562. The highest BCUT2D eigenvalue weighted by molar-refractivity contribution is 14.0. The predicted molar refractivity (Wildman–Crippen MR) is 115 cm³/mol. The molecule has 0 spiro atoms. The molecule has 1 aromatic carbocycles. The van der Waals surface area contributed by atoms with Gasteiger partial charge in [-0.25, -0.2) is 13.1 Å². The molecule has 0 atom stereocenters. The van der Waals surface area contributed by atoms with Gasteiger partial charge in [-0.2, -0.15) is 0 Å². The maximum Gasteiger partial charge on any atom is 0.270 e. The Balaban J connectivity index is 0.00000364. The van der Waals surface area contributed by atoms with Gasteiger partial charge in [-0.3, -0.25) is 15.1 Å². The third kappa shape index (κ3) is 7.58. The van der Waals surface area contributed by atoms with Gasteiger partial charge in [-0.1, -0.05) is 25.3 Å². The van der Waals surface area contributed by atoms with E-state index in [1.165, 1.54) is 37.5 Å². The van der Waals surface area contributed by atoms with Crippen molar-refractivity contribution in [2.24, 2.45) is 4.99 Å². The minimum absolute atomic E-state index is 0. The highest BCUT2D eigenvalue weighted by atomic mass is 127. The van der Waals surface area contributed by atoms with Crippen LogP contribution in [0.4, 0.5) is 5.69 Å². The van der Waals surface area contributed by atoms with Gasteiger partial charge in [0.25, 0.3) is 5.69 Å². The number of nitro groups is 1. The molecule has 27 heavy (non-hydrogen) atoms. The Morgan fingerprint density at radius 2 is 1.96 bits per heavy atom. The van der Waals surface area contributed by atoms with Crippen LogP contribution in [0.3, 0.4) is 0 Å². The Kier molecular flexibility index (Phi) is 9.94. The Labute approximate surface area is 176 Å². The fourth-order valence-corrected chi connectivity index (χ4v) is 3.92. The van der Waals surface area contributed by atoms with E-state index in [9.17, 15) is 18.5 Å². The minimum Gasteiger partial charge on any atom is -0.355 e. The number of benzene rings is 1. The molecule has 0 unspecified atom stereocenters. The zero-order valence-electron chi connectivity index (χ0n) is 15.2. The fourth-order valence-electron chi connectivity index (χ4n) is 2.85. The van der Waals surface area contributed by atoms with Gasteiger partial charge in [0.2, 0.25) is 10.0 Å². The summed E-state index contributed by atoms with van der Waals surface area (Å²) >= 11 is 0. The number of halogens is 1. The number of sulfonamides is 1. The summed E-state index contributed by atoms with van der Waals surface area (Å²) in [6.45, 7) is 0.483. The van der Waals surface area contributed by atoms with Crippen molar-refractivity contribution in [2.75, 3.05) is 20.1 Å². The molecule has 2 rings (SSSR count). The summed E-state index contributed by atoms with van der Waals surface area (Å²) in [7, 11) is -2.13. The predicted octanol–water partition coefficient (Wildman–Crippen LogP) is 1.99. The topological polar surface area (TPSA) is 126 Å². The van der Waals surface area contributed by atoms with E-state index in [-0.39, 0.29) is 41.1 Å². The highest BCUT2D eigenvalue weighted by Crippen LogP contribution is 2.17. The molecule has 9 nitrogen and oxygen atoms in total. The maximum atomic E-state index is 12.2. The molecule has 1 fully saturated rings. The van der Waals surface area contributed by atoms with E-state index in [1.54, 1.807) is 7.05 Å². The number of aliphatic imine (C=N–C) groups is 1. The number of rotatable bonds is 7. The summed E-state index contributed by atoms with van der Waals surface area (Å²) in [5.41, 5.74) is -0.261. The lowest BCUT2D eigenvalue weighted by Crippen LogP contribution is -2.46. The lowest BCUT2D eigenvalue weighted by Gasteiger charge is -2.24. The summed E-state index contributed by atoms with van der Waals surface area (Å²) in [6.07, 6.45) is 5.90. The van der Waals surface area contributed by atoms with Crippen molar-refractivity contribution in [2.45, 2.75) is 43.0 Å². The molecular formula is C16H26IN5O4S. The van der Waals surface area contributed by atoms with Crippen LogP contribution in [0.5, 0.6) is 0 Å². The molecule has 0 bridgehead atoms. The third-order valence-electron chi connectivity index (χ3n) is 4.22. The average Bonchev–Trinajstić information content (AvgIpc) is 2.65. The molecule has 0 heterocycles. The van der Waals surface area contributed by atoms with E-state index in [2.05, 4.69) is 20.3 Å². The first-order chi connectivity index (χ1) is 12.4. The highest BCUT2D eigenvalue weighted by Gasteiger charge is 2.17. The number of hydrogen-bond donors (Lipinski definition) is 3. The van der Waals surface area contributed by atoms with E-state index in [0.29, 0.717) is 18.5 Å². The smallest absolute Gasteiger partial charge is 0.270 e. The van der Waals surface area contributed by atoms with E-state index < -0.39 is 14.9 Å². The van der Waals surface area contributed by atoms with Crippen LogP contribution in [0, 0.1) is 10.1 Å². The van der Waals surface area contributed by atoms with Gasteiger partial charge in [0.1, 0.15) is 0 Å². The first-order valence-electron chi connectivity index (χ1n) is 8.63. The zero-order valence-corrected chi connectivity index (χ0v) is 18.3. The SMILES string of the molecule is CN=C(NCCNS(=O)(=O)c1cccc([N+](=O)[O-])c1)NC1CCCCC1.I. The molecule has 0 saturated heterocycles. The third-order valence-corrected chi connectivity index (χ3v) is 5.68. The van der Waals surface area contributed by atoms with Crippen molar-refractivity contribution in [3.63, 3.8) is 0 Å². The molecule has 3 N–H and O–H groups in total. The molecule has 0 aliphatic heterocycles. The van der Waals surface area contributed by atoms with Crippen molar-refractivity contribution < 1.29 is 13.3 Å². The van der Waals surface area contributed by atoms with Crippen LogP contribution < -0.4 is 15.4 Å². The number of nitro benzene ring substituents is 1. The van der Waals surface area contributed by atoms with Crippen molar-refractivity contribution in [3.05, 3.63) is 34.4 Å². The van der Waals surface area contributed by atoms with Gasteiger partial charge in [-0.15, -0.1) is 24.0 Å². The summed E-state index contributed by atoms with van der Waals surface area (Å²) in [5, 5.41) is 17.2. The summed E-state index contributed by atoms with van der Waals surface area (Å²) in [6, 6.07) is 5.37. The average molecular weight is 511 g/mol. The largest absolute Gasteiger partial charge is 0.355 e. The molecule has 1 aromatic rings. The number of guanidine groups is 1. The second kappa shape index (κ2) is 11.4. The van der Waals surface area contributed by atoms with E-state index >= 15 is 0 Å². The van der Waals surface area contributed by atoms with Crippen LogP contribution in [-0.4, -0.2) is 45.5 Å². The van der Waals surface area contributed by atoms with E-state index in [1.807, 2.05) is 0 Å². The van der Waals surface area contributed by atoms with Crippen molar-refractivity contribution in [1.82, 2.24) is 15.4 Å². The van der Waals surface area contributed by atoms with E-state index in [4.69, 9.17) is 0 Å². The second-order valence-electron chi connectivity index (χ2n) is 6.13. The lowest BCUT2D eigenvalue weighted by atomic mass is 9.96. The van der Waals surface area contributed by atoms with Gasteiger partial charge in [0.05, 0.1) is 9.82 Å². The summed E-state index contributed by atoms with van der Waals surface area (Å²) < 4.78 is 26.9. The first-order valence-corrected chi connectivity index (χ1v) is 10.1. The van der Waals surface area contributed by atoms with Crippen LogP contribution in [0.1, 0.15) is 32.1 Å². The van der Waals surface area contributed by atoms with E-state index in [0.717, 1.165) is 18.9 Å².